The minimum Gasteiger partial charge on any atom is -0.379 e. The lowest BCUT2D eigenvalue weighted by Crippen LogP contribution is -2.24. The van der Waals surface area contributed by atoms with Crippen LogP contribution in [0.5, 0.6) is 0 Å². The first-order valence-electron chi connectivity index (χ1n) is 3.45. The molecule has 4 heteroatoms. The number of carbonyl (C=O) groups is 1. The maximum absolute atomic E-state index is 11.1. The Hall–Kier alpha value is -0.0900. The molecule has 0 saturated heterocycles. The predicted octanol–water partition coefficient (Wildman–Crippen LogP) is 1.96. The summed E-state index contributed by atoms with van der Waals surface area (Å²) in [7, 11) is 0. The van der Waals surface area contributed by atoms with Gasteiger partial charge in [-0.25, -0.2) is 0 Å². The van der Waals surface area contributed by atoms with Crippen LogP contribution in [0, 0.1) is 0 Å². The first-order chi connectivity index (χ1) is 5.24. The van der Waals surface area contributed by atoms with E-state index in [-0.39, 0.29) is 22.8 Å². The lowest BCUT2D eigenvalue weighted by atomic mass is 10.1. The Morgan fingerprint density at radius 2 is 2.42 bits per heavy atom. The lowest BCUT2D eigenvalue weighted by Gasteiger charge is -2.11. The molecule has 0 atom stereocenters. The second-order valence-electron chi connectivity index (χ2n) is 2.44. The average molecular weight is 297 g/mol. The molecule has 0 radical (unpaired) electrons. The van der Waals surface area contributed by atoms with E-state index in [1.807, 2.05) is 19.1 Å². The second kappa shape index (κ2) is 5.54. The Morgan fingerprint density at radius 1 is 1.75 bits per heavy atom. The van der Waals surface area contributed by atoms with Gasteiger partial charge in [0.2, 0.25) is 0 Å². The fourth-order valence-electron chi connectivity index (χ4n) is 0.911. The predicted molar refractivity (Wildman–Crippen MR) is 59.0 cm³/mol. The molecule has 0 bridgehead atoms. The monoisotopic (exact) mass is 295 g/mol. The molecule has 1 aliphatic rings. The molecule has 0 aliphatic carbocycles. The van der Waals surface area contributed by atoms with Crippen LogP contribution in [-0.2, 0) is 4.79 Å². The van der Waals surface area contributed by atoms with E-state index in [0.29, 0.717) is 11.0 Å². The van der Waals surface area contributed by atoms with Crippen LogP contribution >= 0.6 is 32.9 Å². The molecule has 0 amide bonds. The van der Waals surface area contributed by atoms with Crippen molar-refractivity contribution in [2.24, 2.45) is 0 Å². The molecule has 0 aromatic rings. The van der Waals surface area contributed by atoms with Crippen LogP contribution in [-0.4, -0.2) is 17.7 Å². The molecule has 1 rings (SSSR count). The minimum atomic E-state index is 0. The van der Waals surface area contributed by atoms with Crippen LogP contribution < -0.4 is 5.32 Å². The van der Waals surface area contributed by atoms with Crippen LogP contribution in [0.15, 0.2) is 23.4 Å². The topological polar surface area (TPSA) is 29.1 Å². The van der Waals surface area contributed by atoms with E-state index in [0.717, 1.165) is 12.1 Å². The van der Waals surface area contributed by atoms with E-state index >= 15 is 0 Å². The maximum atomic E-state index is 11.1. The van der Waals surface area contributed by atoms with Crippen molar-refractivity contribution in [1.29, 1.82) is 0 Å². The molecule has 1 heterocycles. The van der Waals surface area contributed by atoms with Crippen molar-refractivity contribution < 1.29 is 4.79 Å². The summed E-state index contributed by atoms with van der Waals surface area (Å²) in [5.41, 5.74) is 1.86. The summed E-state index contributed by atoms with van der Waals surface area (Å²) in [4.78, 5) is 11.1. The molecule has 0 unspecified atom stereocenters. The summed E-state index contributed by atoms with van der Waals surface area (Å²) in [6.07, 6.45) is 3.91. The SMILES string of the molecule is Br.CC1=CCNC(C(=O)CBr)=C1. The third-order valence-electron chi connectivity index (χ3n) is 1.51. The van der Waals surface area contributed by atoms with Gasteiger partial charge in [0.15, 0.2) is 5.78 Å². The number of hydrogen-bond donors (Lipinski definition) is 1. The highest BCUT2D eigenvalue weighted by atomic mass is 79.9. The van der Waals surface area contributed by atoms with E-state index in [4.69, 9.17) is 0 Å². The smallest absolute Gasteiger partial charge is 0.189 e. The summed E-state index contributed by atoms with van der Waals surface area (Å²) in [6.45, 7) is 2.75. The number of carbonyl (C=O) groups excluding carboxylic acids is 1. The molecule has 0 saturated carbocycles. The highest BCUT2D eigenvalue weighted by Crippen LogP contribution is 2.06. The van der Waals surface area contributed by atoms with E-state index in [9.17, 15) is 4.79 Å². The van der Waals surface area contributed by atoms with Gasteiger partial charge in [0.05, 0.1) is 11.0 Å². The average Bonchev–Trinajstić information content (AvgIpc) is 2.03. The zero-order chi connectivity index (χ0) is 8.27. The molecule has 1 aliphatic heterocycles. The third-order valence-corrected chi connectivity index (χ3v) is 2.02. The lowest BCUT2D eigenvalue weighted by molar-refractivity contribution is -0.113. The first kappa shape index (κ1) is 11.9. The van der Waals surface area contributed by atoms with Crippen LogP contribution in [0.3, 0.4) is 0 Å². The minimum absolute atomic E-state index is 0. The quantitative estimate of drug-likeness (QED) is 0.790. The van der Waals surface area contributed by atoms with Crippen molar-refractivity contribution in [3.8, 4) is 0 Å². The summed E-state index contributed by atoms with van der Waals surface area (Å²) in [5, 5.41) is 3.39. The molecule has 0 aromatic carbocycles. The molecular formula is C8H11Br2NO. The summed E-state index contributed by atoms with van der Waals surface area (Å²) >= 11 is 3.12. The standard InChI is InChI=1S/C8H10BrNO.BrH/c1-6-2-3-10-7(4-6)8(11)5-9;/h2,4,10H,3,5H2,1H3;1H. The molecule has 0 aromatic heterocycles. The van der Waals surface area contributed by atoms with Crippen molar-refractivity contribution in [3.63, 3.8) is 0 Å². The Morgan fingerprint density at radius 3 is 2.92 bits per heavy atom. The summed E-state index contributed by atoms with van der Waals surface area (Å²) in [6, 6.07) is 0. The largest absolute Gasteiger partial charge is 0.379 e. The third kappa shape index (κ3) is 3.11. The fraction of sp³-hybridized carbons (Fsp3) is 0.375. The molecule has 0 fully saturated rings. The zero-order valence-corrected chi connectivity index (χ0v) is 10.1. The van der Waals surface area contributed by atoms with Crippen molar-refractivity contribution in [2.75, 3.05) is 11.9 Å². The van der Waals surface area contributed by atoms with Crippen molar-refractivity contribution in [1.82, 2.24) is 5.32 Å². The molecule has 0 spiro atoms. The van der Waals surface area contributed by atoms with Crippen LogP contribution in [0.25, 0.3) is 0 Å². The van der Waals surface area contributed by atoms with Gasteiger partial charge >= 0.3 is 0 Å². The maximum Gasteiger partial charge on any atom is 0.189 e. The van der Waals surface area contributed by atoms with Crippen LogP contribution in [0.2, 0.25) is 0 Å². The Kier molecular flexibility index (Phi) is 5.50. The van der Waals surface area contributed by atoms with Gasteiger partial charge in [-0.05, 0) is 13.0 Å². The van der Waals surface area contributed by atoms with Crippen LogP contribution in [0.1, 0.15) is 6.92 Å². The van der Waals surface area contributed by atoms with Gasteiger partial charge in [-0.2, -0.15) is 0 Å². The normalized spacial score (nSPS) is 15.2. The highest BCUT2D eigenvalue weighted by Gasteiger charge is 2.08. The number of rotatable bonds is 2. The fourth-order valence-corrected chi connectivity index (χ4v) is 1.21. The van der Waals surface area contributed by atoms with Gasteiger partial charge < -0.3 is 5.32 Å². The zero-order valence-electron chi connectivity index (χ0n) is 6.76. The van der Waals surface area contributed by atoms with E-state index in [1.54, 1.807) is 0 Å². The van der Waals surface area contributed by atoms with E-state index in [2.05, 4.69) is 21.2 Å². The van der Waals surface area contributed by atoms with Crippen LogP contribution in [0.4, 0.5) is 0 Å². The van der Waals surface area contributed by atoms with Gasteiger partial charge in [-0.3, -0.25) is 4.79 Å². The van der Waals surface area contributed by atoms with Gasteiger partial charge in [0.1, 0.15) is 0 Å². The van der Waals surface area contributed by atoms with Gasteiger partial charge in [-0.1, -0.05) is 27.6 Å². The Balaban J connectivity index is 0.00000121. The Bertz CT molecular complexity index is 233. The van der Waals surface area contributed by atoms with Crippen molar-refractivity contribution in [3.05, 3.63) is 23.4 Å². The number of hydrogen-bond acceptors (Lipinski definition) is 2. The number of nitrogens with one attached hydrogen (secondary N) is 1. The number of Topliss-reactive ketones (excluding diaryl/α,β-unsaturated/α-hetero) is 1. The van der Waals surface area contributed by atoms with Gasteiger partial charge in [-0.15, -0.1) is 17.0 Å². The molecular weight excluding hydrogens is 286 g/mol. The number of allylic oxidation sites excluding steroid dienone is 3. The summed E-state index contributed by atoms with van der Waals surface area (Å²) < 4.78 is 0. The summed E-state index contributed by atoms with van der Waals surface area (Å²) in [5.74, 6) is 0.109. The number of alkyl halides is 1. The van der Waals surface area contributed by atoms with Gasteiger partial charge in [0, 0.05) is 6.54 Å². The van der Waals surface area contributed by atoms with Crippen molar-refractivity contribution in [2.45, 2.75) is 6.92 Å². The Labute approximate surface area is 91.0 Å². The number of halogens is 2. The number of dihydropyridines is 1. The molecule has 1 N–H and O–H groups in total. The van der Waals surface area contributed by atoms with E-state index in [1.165, 1.54) is 0 Å². The van der Waals surface area contributed by atoms with Gasteiger partial charge in [0.25, 0.3) is 0 Å². The second-order valence-corrected chi connectivity index (χ2v) is 3.00. The molecule has 12 heavy (non-hydrogen) atoms. The first-order valence-corrected chi connectivity index (χ1v) is 4.57. The van der Waals surface area contributed by atoms with Crippen molar-refractivity contribution >= 4 is 38.7 Å². The molecule has 2 nitrogen and oxygen atoms in total. The molecule has 68 valence electrons. The van der Waals surface area contributed by atoms with E-state index < -0.39 is 0 Å². The highest BCUT2D eigenvalue weighted by molar-refractivity contribution is 9.09. The number of ketones is 1.